The molecular formula is C24H18F3N5O3. The Morgan fingerprint density at radius 1 is 1.06 bits per heavy atom. The summed E-state index contributed by atoms with van der Waals surface area (Å²) in [6.45, 7) is -2.18. The Morgan fingerprint density at radius 3 is 2.60 bits per heavy atom. The summed E-state index contributed by atoms with van der Waals surface area (Å²) < 4.78 is 53.7. The maximum atomic E-state index is 13.9. The van der Waals surface area contributed by atoms with Crippen molar-refractivity contribution in [1.82, 2.24) is 24.7 Å². The lowest BCUT2D eigenvalue weighted by Crippen LogP contribution is -2.28. The largest absolute Gasteiger partial charge is 0.480 e. The number of pyridine rings is 1. The Bertz CT molecular complexity index is 1500. The first-order chi connectivity index (χ1) is 16.9. The summed E-state index contributed by atoms with van der Waals surface area (Å²) in [5, 5.41) is 13.8. The number of alkyl halides is 2. The SMILES string of the molecule is COc1ncccc1-c1cc2c(-c3cn(CC(F)(F)CO)nc3-c3ccc(F)cc3)ncnc2o1. The fraction of sp³-hybridized carbons (Fsp3) is 0.167. The van der Waals surface area contributed by atoms with Crippen LogP contribution in [0.25, 0.3) is 44.9 Å². The molecule has 8 nitrogen and oxygen atoms in total. The summed E-state index contributed by atoms with van der Waals surface area (Å²) in [5.74, 6) is -3.05. The van der Waals surface area contributed by atoms with Gasteiger partial charge in [-0.3, -0.25) is 4.68 Å². The van der Waals surface area contributed by atoms with Crippen molar-refractivity contribution in [3.8, 4) is 39.7 Å². The number of fused-ring (bicyclic) bond motifs is 1. The second-order valence-electron chi connectivity index (χ2n) is 7.72. The normalized spacial score (nSPS) is 11.8. The minimum absolute atomic E-state index is 0.259. The number of rotatable bonds is 7. The van der Waals surface area contributed by atoms with Gasteiger partial charge >= 0.3 is 0 Å². The van der Waals surface area contributed by atoms with E-state index in [1.54, 1.807) is 24.4 Å². The van der Waals surface area contributed by atoms with Gasteiger partial charge in [-0.1, -0.05) is 0 Å². The minimum Gasteiger partial charge on any atom is -0.480 e. The molecule has 0 bridgehead atoms. The van der Waals surface area contributed by atoms with Gasteiger partial charge in [0.2, 0.25) is 11.6 Å². The Hall–Kier alpha value is -4.25. The molecule has 1 N–H and O–H groups in total. The number of methoxy groups -OCH3 is 1. The average molecular weight is 481 g/mol. The molecule has 1 aromatic carbocycles. The molecule has 0 atom stereocenters. The number of ether oxygens (including phenoxy) is 1. The van der Waals surface area contributed by atoms with E-state index in [9.17, 15) is 13.2 Å². The lowest BCUT2D eigenvalue weighted by Gasteiger charge is -2.12. The fourth-order valence-corrected chi connectivity index (χ4v) is 3.73. The van der Waals surface area contributed by atoms with E-state index in [4.69, 9.17) is 14.3 Å². The first-order valence-corrected chi connectivity index (χ1v) is 10.4. The predicted molar refractivity (Wildman–Crippen MR) is 120 cm³/mol. The number of benzene rings is 1. The van der Waals surface area contributed by atoms with Crippen molar-refractivity contribution in [3.05, 3.63) is 67.0 Å². The second kappa shape index (κ2) is 8.84. The van der Waals surface area contributed by atoms with Crippen LogP contribution in [0.5, 0.6) is 5.88 Å². The van der Waals surface area contributed by atoms with Crippen LogP contribution in [0.15, 0.2) is 65.6 Å². The topological polar surface area (TPSA) is 99.1 Å². The molecule has 35 heavy (non-hydrogen) atoms. The molecule has 0 aliphatic rings. The van der Waals surface area contributed by atoms with Crippen molar-refractivity contribution < 1.29 is 27.4 Å². The van der Waals surface area contributed by atoms with Crippen LogP contribution >= 0.6 is 0 Å². The van der Waals surface area contributed by atoms with E-state index in [-0.39, 0.29) is 5.71 Å². The smallest absolute Gasteiger partial charge is 0.289 e. The fourth-order valence-electron chi connectivity index (χ4n) is 3.73. The Labute approximate surface area is 196 Å². The van der Waals surface area contributed by atoms with Crippen LogP contribution in [0.2, 0.25) is 0 Å². The van der Waals surface area contributed by atoms with Crippen molar-refractivity contribution in [3.63, 3.8) is 0 Å². The van der Waals surface area contributed by atoms with Gasteiger partial charge in [-0.05, 0) is 42.5 Å². The standard InChI is InChI=1S/C24H18F3N5O3/c1-34-22-16(3-2-8-28-22)19-9-17-21(29-13-30-23(17)35-19)18-10-32(11-24(26,27)12-33)31-20(18)14-4-6-15(25)7-5-14/h2-10,13,33H,11-12H2,1H3. The van der Waals surface area contributed by atoms with Crippen LogP contribution in [0, 0.1) is 5.82 Å². The van der Waals surface area contributed by atoms with Crippen molar-refractivity contribution in [1.29, 1.82) is 0 Å². The predicted octanol–water partition coefficient (Wildman–Crippen LogP) is 4.59. The van der Waals surface area contributed by atoms with Gasteiger partial charge in [0.15, 0.2) is 0 Å². The molecule has 0 saturated carbocycles. The molecule has 5 rings (SSSR count). The highest BCUT2D eigenvalue weighted by atomic mass is 19.3. The molecule has 0 aliphatic heterocycles. The number of aromatic nitrogens is 5. The van der Waals surface area contributed by atoms with Crippen molar-refractivity contribution >= 4 is 11.1 Å². The third-order valence-electron chi connectivity index (χ3n) is 5.32. The maximum Gasteiger partial charge on any atom is 0.289 e. The highest BCUT2D eigenvalue weighted by Gasteiger charge is 2.30. The van der Waals surface area contributed by atoms with Crippen molar-refractivity contribution in [2.45, 2.75) is 12.5 Å². The highest BCUT2D eigenvalue weighted by Crippen LogP contribution is 2.38. The molecule has 0 radical (unpaired) electrons. The molecule has 11 heteroatoms. The van der Waals surface area contributed by atoms with E-state index in [0.717, 1.165) is 4.68 Å². The molecule has 0 aliphatic carbocycles. The molecule has 5 aromatic rings. The quantitative estimate of drug-likeness (QED) is 0.363. The van der Waals surface area contributed by atoms with Gasteiger partial charge in [0.1, 0.15) is 36.8 Å². The molecule has 0 saturated heterocycles. The van der Waals surface area contributed by atoms with Gasteiger partial charge < -0.3 is 14.3 Å². The summed E-state index contributed by atoms with van der Waals surface area (Å²) in [6.07, 6.45) is 4.28. The van der Waals surface area contributed by atoms with Gasteiger partial charge in [-0.2, -0.15) is 5.10 Å². The van der Waals surface area contributed by atoms with Crippen LogP contribution in [-0.4, -0.2) is 49.5 Å². The summed E-state index contributed by atoms with van der Waals surface area (Å²) in [5.41, 5.74) is 2.44. The van der Waals surface area contributed by atoms with E-state index >= 15 is 0 Å². The lowest BCUT2D eigenvalue weighted by atomic mass is 10.0. The Kier molecular flexibility index (Phi) is 5.69. The van der Waals surface area contributed by atoms with E-state index < -0.39 is 24.9 Å². The van der Waals surface area contributed by atoms with Crippen LogP contribution < -0.4 is 4.74 Å². The molecular weight excluding hydrogens is 463 g/mol. The number of furan rings is 1. The highest BCUT2D eigenvalue weighted by molar-refractivity contribution is 5.96. The maximum absolute atomic E-state index is 13.9. The lowest BCUT2D eigenvalue weighted by molar-refractivity contribution is -0.0651. The Balaban J connectivity index is 1.69. The molecule has 4 aromatic heterocycles. The number of aliphatic hydroxyl groups is 1. The number of hydrogen-bond donors (Lipinski definition) is 1. The third-order valence-corrected chi connectivity index (χ3v) is 5.32. The number of nitrogens with zero attached hydrogens (tertiary/aromatic N) is 5. The first-order valence-electron chi connectivity index (χ1n) is 10.4. The van der Waals surface area contributed by atoms with Gasteiger partial charge in [0.05, 0.1) is 23.8 Å². The first kappa shape index (κ1) is 22.5. The molecule has 0 unspecified atom stereocenters. The van der Waals surface area contributed by atoms with Gasteiger partial charge in [-0.25, -0.2) is 28.1 Å². The zero-order valence-electron chi connectivity index (χ0n) is 18.3. The zero-order valence-corrected chi connectivity index (χ0v) is 18.3. The van der Waals surface area contributed by atoms with E-state index in [1.807, 2.05) is 0 Å². The summed E-state index contributed by atoms with van der Waals surface area (Å²) >= 11 is 0. The summed E-state index contributed by atoms with van der Waals surface area (Å²) in [4.78, 5) is 12.7. The second-order valence-corrected chi connectivity index (χ2v) is 7.72. The van der Waals surface area contributed by atoms with Gasteiger partial charge in [0, 0.05) is 23.5 Å². The van der Waals surface area contributed by atoms with Crippen molar-refractivity contribution in [2.24, 2.45) is 0 Å². The van der Waals surface area contributed by atoms with Crippen LogP contribution in [-0.2, 0) is 6.54 Å². The van der Waals surface area contributed by atoms with E-state index in [0.29, 0.717) is 45.1 Å². The molecule has 178 valence electrons. The van der Waals surface area contributed by atoms with E-state index in [2.05, 4.69) is 20.1 Å². The van der Waals surface area contributed by atoms with Gasteiger partial charge in [-0.15, -0.1) is 0 Å². The van der Waals surface area contributed by atoms with Crippen LogP contribution in [0.3, 0.4) is 0 Å². The number of aliphatic hydroxyl groups excluding tert-OH is 1. The van der Waals surface area contributed by atoms with E-state index in [1.165, 1.54) is 43.9 Å². The van der Waals surface area contributed by atoms with Crippen molar-refractivity contribution in [2.75, 3.05) is 13.7 Å². The number of halogens is 3. The Morgan fingerprint density at radius 2 is 1.86 bits per heavy atom. The summed E-state index contributed by atoms with van der Waals surface area (Å²) in [7, 11) is 1.49. The monoisotopic (exact) mass is 481 g/mol. The molecule has 0 amide bonds. The molecule has 0 fully saturated rings. The number of hydrogen-bond acceptors (Lipinski definition) is 7. The van der Waals surface area contributed by atoms with Gasteiger partial charge in [0.25, 0.3) is 5.92 Å². The van der Waals surface area contributed by atoms with Crippen LogP contribution in [0.1, 0.15) is 0 Å². The summed E-state index contributed by atoms with van der Waals surface area (Å²) in [6, 6.07) is 10.7. The molecule has 4 heterocycles. The molecule has 0 spiro atoms. The van der Waals surface area contributed by atoms with Crippen LogP contribution in [0.4, 0.5) is 13.2 Å². The minimum atomic E-state index is -3.38. The average Bonchev–Trinajstić information content (AvgIpc) is 3.48. The third kappa shape index (κ3) is 4.33. The zero-order chi connectivity index (χ0) is 24.6.